The van der Waals surface area contributed by atoms with Gasteiger partial charge in [-0.3, -0.25) is 0 Å². The van der Waals surface area contributed by atoms with Crippen LogP contribution >= 0.6 is 0 Å². The smallest absolute Gasteiger partial charge is 0.0998 e. The highest BCUT2D eigenvalue weighted by molar-refractivity contribution is 5.70. The SMILES string of the molecule is N#Cc1cc(CCCOCc2ccccc2)ccc1-c1ccccc1. The second-order valence-corrected chi connectivity index (χ2v) is 6.00. The van der Waals surface area contributed by atoms with Gasteiger partial charge in [0.1, 0.15) is 0 Å². The third-order valence-corrected chi connectivity index (χ3v) is 4.15. The molecule has 0 aliphatic rings. The first-order valence-electron chi connectivity index (χ1n) is 8.57. The van der Waals surface area contributed by atoms with Gasteiger partial charge in [-0.25, -0.2) is 0 Å². The molecule has 0 saturated heterocycles. The van der Waals surface area contributed by atoms with Crippen LogP contribution in [0.3, 0.4) is 0 Å². The number of aryl methyl sites for hydroxylation is 1. The van der Waals surface area contributed by atoms with Gasteiger partial charge in [0.25, 0.3) is 0 Å². The Labute approximate surface area is 149 Å². The van der Waals surface area contributed by atoms with Crippen LogP contribution in [0.2, 0.25) is 0 Å². The Hall–Kier alpha value is -2.89. The highest BCUT2D eigenvalue weighted by Crippen LogP contribution is 2.24. The highest BCUT2D eigenvalue weighted by Gasteiger charge is 2.06. The summed E-state index contributed by atoms with van der Waals surface area (Å²) in [4.78, 5) is 0. The molecule has 0 radical (unpaired) electrons. The van der Waals surface area contributed by atoms with Crippen molar-refractivity contribution in [1.82, 2.24) is 0 Å². The maximum Gasteiger partial charge on any atom is 0.0998 e. The molecule has 0 atom stereocenters. The Morgan fingerprint density at radius 3 is 2.24 bits per heavy atom. The maximum absolute atomic E-state index is 9.47. The molecule has 0 fully saturated rings. The van der Waals surface area contributed by atoms with Crippen LogP contribution in [0.25, 0.3) is 11.1 Å². The Bertz CT molecular complexity index is 835. The first-order chi connectivity index (χ1) is 12.4. The molecule has 25 heavy (non-hydrogen) atoms. The molecular formula is C23H21NO. The standard InChI is InChI=1S/C23H21NO/c24-17-22-16-19(13-14-23(22)21-11-5-2-6-12-21)10-7-15-25-18-20-8-3-1-4-9-20/h1-6,8-9,11-14,16H,7,10,15,18H2. The minimum Gasteiger partial charge on any atom is -0.377 e. The molecule has 2 heteroatoms. The van der Waals surface area contributed by atoms with Crippen molar-refractivity contribution in [2.24, 2.45) is 0 Å². The zero-order chi connectivity index (χ0) is 17.3. The average molecular weight is 327 g/mol. The molecule has 124 valence electrons. The maximum atomic E-state index is 9.47. The average Bonchev–Trinajstić information content (AvgIpc) is 2.69. The number of ether oxygens (including phenoxy) is 1. The summed E-state index contributed by atoms with van der Waals surface area (Å²) in [5.41, 5.74) is 5.18. The fourth-order valence-electron chi connectivity index (χ4n) is 2.85. The molecule has 0 heterocycles. The molecule has 0 aliphatic carbocycles. The molecule has 3 rings (SSSR count). The van der Waals surface area contributed by atoms with Gasteiger partial charge >= 0.3 is 0 Å². The summed E-state index contributed by atoms with van der Waals surface area (Å²) in [5.74, 6) is 0. The lowest BCUT2D eigenvalue weighted by atomic mass is 9.97. The topological polar surface area (TPSA) is 33.0 Å². The highest BCUT2D eigenvalue weighted by atomic mass is 16.5. The van der Waals surface area contributed by atoms with Gasteiger partial charge in [-0.15, -0.1) is 0 Å². The summed E-state index contributed by atoms with van der Waals surface area (Å²) in [6, 6.07) is 28.7. The molecule has 0 N–H and O–H groups in total. The summed E-state index contributed by atoms with van der Waals surface area (Å²) < 4.78 is 5.73. The van der Waals surface area contributed by atoms with Crippen molar-refractivity contribution >= 4 is 0 Å². The predicted molar refractivity (Wildman–Crippen MR) is 101 cm³/mol. The minimum atomic E-state index is 0.650. The van der Waals surface area contributed by atoms with E-state index >= 15 is 0 Å². The Balaban J connectivity index is 1.54. The van der Waals surface area contributed by atoms with Gasteiger partial charge < -0.3 is 4.74 Å². The van der Waals surface area contributed by atoms with Crippen molar-refractivity contribution in [3.05, 3.63) is 95.6 Å². The lowest BCUT2D eigenvalue weighted by Crippen LogP contribution is -1.98. The van der Waals surface area contributed by atoms with Gasteiger partial charge in [0, 0.05) is 6.61 Å². The van der Waals surface area contributed by atoms with E-state index in [4.69, 9.17) is 4.74 Å². The van der Waals surface area contributed by atoms with Crippen molar-refractivity contribution in [1.29, 1.82) is 5.26 Å². The molecule has 0 saturated carbocycles. The number of benzene rings is 3. The van der Waals surface area contributed by atoms with E-state index in [2.05, 4.69) is 24.3 Å². The van der Waals surface area contributed by atoms with Gasteiger partial charge in [-0.05, 0) is 41.2 Å². The van der Waals surface area contributed by atoms with E-state index in [-0.39, 0.29) is 0 Å². The van der Waals surface area contributed by atoms with E-state index in [0.717, 1.165) is 36.1 Å². The predicted octanol–water partition coefficient (Wildman–Crippen LogP) is 5.37. The molecule has 2 nitrogen and oxygen atoms in total. The lowest BCUT2D eigenvalue weighted by molar-refractivity contribution is 0.118. The van der Waals surface area contributed by atoms with Crippen LogP contribution in [-0.2, 0) is 17.8 Å². The summed E-state index contributed by atoms with van der Waals surface area (Å²) in [7, 11) is 0. The second kappa shape index (κ2) is 8.82. The van der Waals surface area contributed by atoms with Crippen LogP contribution in [0.1, 0.15) is 23.1 Å². The van der Waals surface area contributed by atoms with Crippen molar-refractivity contribution < 1.29 is 4.74 Å². The van der Waals surface area contributed by atoms with Crippen molar-refractivity contribution in [2.45, 2.75) is 19.4 Å². The monoisotopic (exact) mass is 327 g/mol. The number of rotatable bonds is 7. The first kappa shape index (κ1) is 17.0. The van der Waals surface area contributed by atoms with Crippen molar-refractivity contribution in [3.63, 3.8) is 0 Å². The molecule has 0 unspecified atom stereocenters. The summed E-state index contributed by atoms with van der Waals surface area (Å²) in [6.45, 7) is 1.37. The van der Waals surface area contributed by atoms with Crippen molar-refractivity contribution in [3.8, 4) is 17.2 Å². The zero-order valence-corrected chi connectivity index (χ0v) is 14.2. The third kappa shape index (κ3) is 4.79. The van der Waals surface area contributed by atoms with Gasteiger partial charge in [0.15, 0.2) is 0 Å². The fraction of sp³-hybridized carbons (Fsp3) is 0.174. The van der Waals surface area contributed by atoms with Crippen LogP contribution in [0, 0.1) is 11.3 Å². The van der Waals surface area contributed by atoms with Crippen LogP contribution in [0.15, 0.2) is 78.9 Å². The molecule has 0 bridgehead atoms. The third-order valence-electron chi connectivity index (χ3n) is 4.15. The Kier molecular flexibility index (Phi) is 5.98. The molecule has 0 aliphatic heterocycles. The first-order valence-corrected chi connectivity index (χ1v) is 8.57. The molecule has 0 aromatic heterocycles. The Morgan fingerprint density at radius 1 is 0.800 bits per heavy atom. The number of hydrogen-bond donors (Lipinski definition) is 0. The van der Waals surface area contributed by atoms with E-state index in [1.807, 2.05) is 60.7 Å². The number of hydrogen-bond acceptors (Lipinski definition) is 2. The van der Waals surface area contributed by atoms with E-state index in [0.29, 0.717) is 6.61 Å². The van der Waals surface area contributed by atoms with E-state index in [1.54, 1.807) is 0 Å². The van der Waals surface area contributed by atoms with Gasteiger partial charge in [-0.2, -0.15) is 5.26 Å². The van der Waals surface area contributed by atoms with Gasteiger partial charge in [0.2, 0.25) is 0 Å². The van der Waals surface area contributed by atoms with E-state index < -0.39 is 0 Å². The Morgan fingerprint density at radius 2 is 1.52 bits per heavy atom. The fourth-order valence-corrected chi connectivity index (χ4v) is 2.85. The minimum absolute atomic E-state index is 0.650. The van der Waals surface area contributed by atoms with E-state index in [9.17, 15) is 5.26 Å². The quantitative estimate of drug-likeness (QED) is 0.546. The molecular weight excluding hydrogens is 306 g/mol. The number of nitrogens with zero attached hydrogens (tertiary/aromatic N) is 1. The van der Waals surface area contributed by atoms with E-state index in [1.165, 1.54) is 11.1 Å². The molecule has 0 spiro atoms. The molecule has 0 amide bonds. The van der Waals surface area contributed by atoms with Crippen LogP contribution in [-0.4, -0.2) is 6.61 Å². The summed E-state index contributed by atoms with van der Waals surface area (Å²) in [5, 5.41) is 9.47. The van der Waals surface area contributed by atoms with Gasteiger partial charge in [0.05, 0.1) is 18.2 Å². The zero-order valence-electron chi connectivity index (χ0n) is 14.2. The largest absolute Gasteiger partial charge is 0.377 e. The summed E-state index contributed by atoms with van der Waals surface area (Å²) >= 11 is 0. The lowest BCUT2D eigenvalue weighted by Gasteiger charge is -2.08. The van der Waals surface area contributed by atoms with Crippen LogP contribution in [0.5, 0.6) is 0 Å². The van der Waals surface area contributed by atoms with Crippen LogP contribution in [0.4, 0.5) is 0 Å². The molecule has 3 aromatic carbocycles. The molecule has 3 aromatic rings. The second-order valence-electron chi connectivity index (χ2n) is 6.00. The summed E-state index contributed by atoms with van der Waals surface area (Å²) in [6.07, 6.45) is 1.86. The van der Waals surface area contributed by atoms with Crippen LogP contribution < -0.4 is 0 Å². The van der Waals surface area contributed by atoms with Crippen molar-refractivity contribution in [2.75, 3.05) is 6.61 Å². The normalized spacial score (nSPS) is 10.4. The van der Waals surface area contributed by atoms with Gasteiger partial charge in [-0.1, -0.05) is 72.8 Å². The number of nitriles is 1.